The molecule has 0 radical (unpaired) electrons. The zero-order valence-corrected chi connectivity index (χ0v) is 10.4. The molecule has 0 saturated heterocycles. The van der Waals surface area contributed by atoms with Crippen LogP contribution in [0.4, 0.5) is 11.5 Å². The number of nitrogens with one attached hydrogen (secondary N) is 1. The van der Waals surface area contributed by atoms with Gasteiger partial charge in [-0.05, 0) is 36.6 Å². The summed E-state index contributed by atoms with van der Waals surface area (Å²) in [6.07, 6.45) is 3.90. The Kier molecular flexibility index (Phi) is 2.53. The molecule has 4 heteroatoms. The molecule has 1 aliphatic heterocycles. The number of benzene rings is 1. The second-order valence-electron chi connectivity index (χ2n) is 3.44. The van der Waals surface area contributed by atoms with Crippen molar-refractivity contribution >= 4 is 35.0 Å². The minimum absolute atomic E-state index is 0.957. The molecule has 1 aromatic heterocycles. The summed E-state index contributed by atoms with van der Waals surface area (Å²) in [5.41, 5.74) is 1.16. The fraction of sp³-hybridized carbons (Fsp3) is 0.0833. The number of aromatic nitrogens is 1. The van der Waals surface area contributed by atoms with Crippen molar-refractivity contribution in [3.8, 4) is 0 Å². The first kappa shape index (κ1) is 10.1. The maximum atomic E-state index is 4.33. The fourth-order valence-corrected chi connectivity index (χ4v) is 3.02. The van der Waals surface area contributed by atoms with Gasteiger partial charge in [-0.15, -0.1) is 11.8 Å². The van der Waals surface area contributed by atoms with E-state index in [-0.39, 0.29) is 0 Å². The normalized spacial score (nSPS) is 12.6. The Morgan fingerprint density at radius 2 is 2.19 bits per heavy atom. The van der Waals surface area contributed by atoms with Crippen molar-refractivity contribution in [3.05, 3.63) is 36.5 Å². The Labute approximate surface area is 103 Å². The van der Waals surface area contributed by atoms with Crippen LogP contribution in [0.2, 0.25) is 0 Å². The topological polar surface area (TPSA) is 24.9 Å². The average molecular weight is 246 g/mol. The highest BCUT2D eigenvalue weighted by Gasteiger charge is 2.15. The van der Waals surface area contributed by atoms with E-state index in [1.807, 2.05) is 12.3 Å². The van der Waals surface area contributed by atoms with E-state index in [9.17, 15) is 0 Å². The van der Waals surface area contributed by atoms with Crippen LogP contribution in [0, 0.1) is 0 Å². The molecular formula is C12H10N2S2. The zero-order valence-electron chi connectivity index (χ0n) is 8.73. The van der Waals surface area contributed by atoms with E-state index in [1.54, 1.807) is 23.5 Å². The lowest BCUT2D eigenvalue weighted by Crippen LogP contribution is -2.01. The molecular weight excluding hydrogens is 236 g/mol. The molecule has 2 heterocycles. The largest absolute Gasteiger partial charge is 0.338 e. The summed E-state index contributed by atoms with van der Waals surface area (Å²) >= 11 is 3.52. The second-order valence-corrected chi connectivity index (χ2v) is 5.40. The lowest BCUT2D eigenvalue weighted by molar-refractivity contribution is 1.18. The Morgan fingerprint density at radius 1 is 1.25 bits per heavy atom. The van der Waals surface area contributed by atoms with Crippen LogP contribution in [0.25, 0.3) is 0 Å². The first-order chi connectivity index (χ1) is 7.86. The highest BCUT2D eigenvalue weighted by atomic mass is 32.2. The minimum atomic E-state index is 0.957. The van der Waals surface area contributed by atoms with Crippen LogP contribution in [0.5, 0.6) is 0 Å². The molecule has 1 aliphatic rings. The number of hydrogen-bond donors (Lipinski definition) is 1. The van der Waals surface area contributed by atoms with Gasteiger partial charge in [0.2, 0.25) is 0 Å². The molecule has 0 fully saturated rings. The van der Waals surface area contributed by atoms with Crippen LogP contribution in [0.15, 0.2) is 51.2 Å². The predicted molar refractivity (Wildman–Crippen MR) is 69.9 cm³/mol. The van der Waals surface area contributed by atoms with Crippen LogP contribution in [0.3, 0.4) is 0 Å². The molecule has 0 saturated carbocycles. The van der Waals surface area contributed by atoms with E-state index < -0.39 is 0 Å². The van der Waals surface area contributed by atoms with Crippen molar-refractivity contribution in [2.45, 2.75) is 14.7 Å². The minimum Gasteiger partial charge on any atom is -0.338 e. The molecule has 0 spiro atoms. The number of pyridine rings is 1. The number of nitrogens with zero attached hydrogens (tertiary/aromatic N) is 1. The Bertz CT molecular complexity index is 540. The number of fused-ring (bicyclic) bond motifs is 2. The zero-order chi connectivity index (χ0) is 11.0. The van der Waals surface area contributed by atoms with E-state index in [1.165, 1.54) is 14.7 Å². The SMILES string of the molecule is CSc1ccc2c(c1)Nc1ncccc1S2. The molecule has 80 valence electrons. The second kappa shape index (κ2) is 4.03. The third-order valence-corrected chi connectivity index (χ3v) is 4.28. The number of thioether (sulfide) groups is 1. The first-order valence-electron chi connectivity index (χ1n) is 4.95. The molecule has 0 bridgehead atoms. The van der Waals surface area contributed by atoms with Crippen LogP contribution < -0.4 is 5.32 Å². The van der Waals surface area contributed by atoms with Gasteiger partial charge in [0.25, 0.3) is 0 Å². The molecule has 3 rings (SSSR count). The molecule has 16 heavy (non-hydrogen) atoms. The van der Waals surface area contributed by atoms with Gasteiger partial charge in [-0.2, -0.15) is 0 Å². The molecule has 1 N–H and O–H groups in total. The Balaban J connectivity index is 2.05. The van der Waals surface area contributed by atoms with Gasteiger partial charge >= 0.3 is 0 Å². The Hall–Kier alpha value is -1.13. The first-order valence-corrected chi connectivity index (χ1v) is 6.99. The highest BCUT2D eigenvalue weighted by Crippen LogP contribution is 2.43. The van der Waals surface area contributed by atoms with Gasteiger partial charge in [0.05, 0.1) is 10.6 Å². The van der Waals surface area contributed by atoms with Crippen molar-refractivity contribution < 1.29 is 0 Å². The van der Waals surface area contributed by atoms with E-state index in [4.69, 9.17) is 0 Å². The molecule has 2 aromatic rings. The fourth-order valence-electron chi connectivity index (χ4n) is 1.64. The van der Waals surface area contributed by atoms with Crippen molar-refractivity contribution in [1.82, 2.24) is 4.98 Å². The van der Waals surface area contributed by atoms with E-state index in [0.717, 1.165) is 11.5 Å². The summed E-state index contributed by atoms with van der Waals surface area (Å²) in [5, 5.41) is 3.37. The summed E-state index contributed by atoms with van der Waals surface area (Å²) in [5.74, 6) is 0.957. The average Bonchev–Trinajstić information content (AvgIpc) is 2.35. The smallest absolute Gasteiger partial charge is 0.144 e. The van der Waals surface area contributed by atoms with Crippen molar-refractivity contribution in [3.63, 3.8) is 0 Å². The molecule has 2 nitrogen and oxygen atoms in total. The highest BCUT2D eigenvalue weighted by molar-refractivity contribution is 8.00. The number of anilines is 2. The lowest BCUT2D eigenvalue weighted by atomic mass is 10.3. The van der Waals surface area contributed by atoms with E-state index in [2.05, 4.69) is 40.8 Å². The summed E-state index contributed by atoms with van der Waals surface area (Å²) < 4.78 is 0. The maximum absolute atomic E-state index is 4.33. The standard InChI is InChI=1S/C12H10N2S2/c1-15-8-4-5-10-9(7-8)14-12-11(16-10)3-2-6-13-12/h2-7H,1H3,(H,13,14). The molecule has 0 atom stereocenters. The van der Waals surface area contributed by atoms with Gasteiger partial charge in [-0.1, -0.05) is 11.8 Å². The third-order valence-electron chi connectivity index (χ3n) is 2.43. The summed E-state index contributed by atoms with van der Waals surface area (Å²) in [4.78, 5) is 8.05. The van der Waals surface area contributed by atoms with Crippen LogP contribution in [0.1, 0.15) is 0 Å². The van der Waals surface area contributed by atoms with Crippen LogP contribution >= 0.6 is 23.5 Å². The molecule has 1 aromatic carbocycles. The van der Waals surface area contributed by atoms with Crippen molar-refractivity contribution in [2.75, 3.05) is 11.6 Å². The van der Waals surface area contributed by atoms with Crippen LogP contribution in [-0.2, 0) is 0 Å². The lowest BCUT2D eigenvalue weighted by Gasteiger charge is -2.19. The molecule has 0 unspecified atom stereocenters. The van der Waals surface area contributed by atoms with Gasteiger partial charge < -0.3 is 5.32 Å². The van der Waals surface area contributed by atoms with Crippen molar-refractivity contribution in [2.24, 2.45) is 0 Å². The van der Waals surface area contributed by atoms with Gasteiger partial charge in [0.15, 0.2) is 0 Å². The summed E-state index contributed by atoms with van der Waals surface area (Å²) in [6, 6.07) is 10.5. The van der Waals surface area contributed by atoms with Gasteiger partial charge in [-0.3, -0.25) is 0 Å². The quantitative estimate of drug-likeness (QED) is 0.656. The monoisotopic (exact) mass is 246 g/mol. The van der Waals surface area contributed by atoms with Crippen molar-refractivity contribution in [1.29, 1.82) is 0 Å². The summed E-state index contributed by atoms with van der Waals surface area (Å²) in [6.45, 7) is 0. The van der Waals surface area contributed by atoms with Gasteiger partial charge in [-0.25, -0.2) is 4.98 Å². The van der Waals surface area contributed by atoms with E-state index in [0.29, 0.717) is 0 Å². The van der Waals surface area contributed by atoms with Crippen LogP contribution in [-0.4, -0.2) is 11.2 Å². The summed E-state index contributed by atoms with van der Waals surface area (Å²) in [7, 11) is 0. The molecule has 0 aliphatic carbocycles. The maximum Gasteiger partial charge on any atom is 0.144 e. The number of hydrogen-bond acceptors (Lipinski definition) is 4. The van der Waals surface area contributed by atoms with E-state index >= 15 is 0 Å². The van der Waals surface area contributed by atoms with Gasteiger partial charge in [0, 0.05) is 16.0 Å². The number of rotatable bonds is 1. The third kappa shape index (κ3) is 1.68. The predicted octanol–water partition coefficient (Wildman–Crippen LogP) is 4.01. The van der Waals surface area contributed by atoms with Gasteiger partial charge in [0.1, 0.15) is 5.82 Å². The Morgan fingerprint density at radius 3 is 3.06 bits per heavy atom. The molecule has 0 amide bonds.